The minimum atomic E-state index is -0.418. The summed E-state index contributed by atoms with van der Waals surface area (Å²) in [5, 5.41) is 0. The quantitative estimate of drug-likeness (QED) is 0.584. The van der Waals surface area contributed by atoms with Crippen molar-refractivity contribution in [3.8, 4) is 0 Å². The highest BCUT2D eigenvalue weighted by atomic mass is 16.6. The molecule has 0 amide bonds. The molecule has 0 aliphatic rings. The summed E-state index contributed by atoms with van der Waals surface area (Å²) in [5.41, 5.74) is 2.15. The van der Waals surface area contributed by atoms with Gasteiger partial charge in [-0.15, -0.1) is 0 Å². The first-order valence-corrected chi connectivity index (χ1v) is 6.72. The third-order valence-corrected chi connectivity index (χ3v) is 2.65. The molecule has 0 saturated carbocycles. The number of aryl methyl sites for hydroxylation is 1. The van der Waals surface area contributed by atoms with E-state index in [0.717, 1.165) is 6.42 Å². The molecule has 1 aromatic rings. The molecule has 0 heterocycles. The third-order valence-electron chi connectivity index (χ3n) is 2.65. The minimum absolute atomic E-state index is 0.205. The van der Waals surface area contributed by atoms with Gasteiger partial charge in [-0.1, -0.05) is 24.3 Å². The number of carbonyl (C=O) groups excluding carboxylic acids is 1. The van der Waals surface area contributed by atoms with Crippen LogP contribution >= 0.6 is 0 Å². The van der Waals surface area contributed by atoms with Gasteiger partial charge in [0.1, 0.15) is 5.60 Å². The molecule has 1 rings (SSSR count). The van der Waals surface area contributed by atoms with Crippen molar-refractivity contribution in [3.63, 3.8) is 0 Å². The van der Waals surface area contributed by atoms with Gasteiger partial charge in [0.15, 0.2) is 0 Å². The SMILES string of the molecule is Cc1ccccc1CCOCCC(=O)OC(C)(C)C. The summed E-state index contributed by atoms with van der Waals surface area (Å²) in [4.78, 5) is 11.4. The molecule has 0 unspecified atom stereocenters. The highest BCUT2D eigenvalue weighted by Gasteiger charge is 2.15. The van der Waals surface area contributed by atoms with Gasteiger partial charge in [-0.2, -0.15) is 0 Å². The van der Waals surface area contributed by atoms with Crippen molar-refractivity contribution < 1.29 is 14.3 Å². The highest BCUT2D eigenvalue weighted by Crippen LogP contribution is 2.09. The van der Waals surface area contributed by atoms with Gasteiger partial charge in [0.2, 0.25) is 0 Å². The van der Waals surface area contributed by atoms with Crippen LogP contribution in [-0.4, -0.2) is 24.8 Å². The molecular weight excluding hydrogens is 240 g/mol. The summed E-state index contributed by atoms with van der Waals surface area (Å²) in [6.07, 6.45) is 1.19. The number of benzene rings is 1. The lowest BCUT2D eigenvalue weighted by atomic mass is 10.1. The summed E-state index contributed by atoms with van der Waals surface area (Å²) in [6, 6.07) is 8.26. The smallest absolute Gasteiger partial charge is 0.308 e. The predicted octanol–water partition coefficient (Wildman–Crippen LogP) is 3.29. The van der Waals surface area contributed by atoms with Crippen molar-refractivity contribution >= 4 is 5.97 Å². The Kier molecular flexibility index (Phi) is 6.03. The van der Waals surface area contributed by atoms with Crippen LogP contribution in [0.15, 0.2) is 24.3 Å². The Morgan fingerprint density at radius 1 is 1.16 bits per heavy atom. The fourth-order valence-electron chi connectivity index (χ4n) is 1.72. The number of hydrogen-bond donors (Lipinski definition) is 0. The van der Waals surface area contributed by atoms with Gasteiger partial charge in [-0.3, -0.25) is 4.79 Å². The van der Waals surface area contributed by atoms with Crippen LogP contribution in [0.1, 0.15) is 38.3 Å². The van der Waals surface area contributed by atoms with Gasteiger partial charge in [-0.25, -0.2) is 0 Å². The van der Waals surface area contributed by atoms with Crippen LogP contribution in [0.2, 0.25) is 0 Å². The van der Waals surface area contributed by atoms with Crippen LogP contribution in [0.25, 0.3) is 0 Å². The van der Waals surface area contributed by atoms with E-state index >= 15 is 0 Å². The number of esters is 1. The molecule has 0 aliphatic heterocycles. The molecule has 0 N–H and O–H groups in total. The molecule has 0 bridgehead atoms. The summed E-state index contributed by atoms with van der Waals surface area (Å²) in [5.74, 6) is -0.205. The van der Waals surface area contributed by atoms with E-state index in [1.807, 2.05) is 32.9 Å². The zero-order chi connectivity index (χ0) is 14.3. The van der Waals surface area contributed by atoms with Crippen LogP contribution in [0.5, 0.6) is 0 Å². The molecule has 106 valence electrons. The second-order valence-electron chi connectivity index (χ2n) is 5.63. The van der Waals surface area contributed by atoms with Crippen LogP contribution in [0, 0.1) is 6.92 Å². The summed E-state index contributed by atoms with van der Waals surface area (Å²) in [6.45, 7) is 8.74. The van der Waals surface area contributed by atoms with E-state index in [1.54, 1.807) is 0 Å². The van der Waals surface area contributed by atoms with Gasteiger partial charge in [0, 0.05) is 0 Å². The predicted molar refractivity (Wildman–Crippen MR) is 76.2 cm³/mol. The Morgan fingerprint density at radius 2 is 1.84 bits per heavy atom. The molecule has 0 aromatic heterocycles. The molecule has 0 saturated heterocycles. The largest absolute Gasteiger partial charge is 0.460 e. The van der Waals surface area contributed by atoms with E-state index in [2.05, 4.69) is 19.1 Å². The Morgan fingerprint density at radius 3 is 2.47 bits per heavy atom. The second kappa shape index (κ2) is 7.29. The average molecular weight is 264 g/mol. The zero-order valence-corrected chi connectivity index (χ0v) is 12.4. The lowest BCUT2D eigenvalue weighted by Crippen LogP contribution is -2.24. The zero-order valence-electron chi connectivity index (χ0n) is 12.4. The summed E-state index contributed by atoms with van der Waals surface area (Å²) < 4.78 is 10.7. The monoisotopic (exact) mass is 264 g/mol. The van der Waals surface area contributed by atoms with Gasteiger partial charge >= 0.3 is 5.97 Å². The lowest BCUT2D eigenvalue weighted by Gasteiger charge is -2.19. The van der Waals surface area contributed by atoms with E-state index in [0.29, 0.717) is 19.6 Å². The molecule has 0 spiro atoms. The van der Waals surface area contributed by atoms with Crippen molar-refractivity contribution in [2.24, 2.45) is 0 Å². The maximum Gasteiger partial charge on any atom is 0.308 e. The maximum atomic E-state index is 11.4. The van der Waals surface area contributed by atoms with Gasteiger partial charge in [0.05, 0.1) is 19.6 Å². The number of ether oxygens (including phenoxy) is 2. The average Bonchev–Trinajstić information content (AvgIpc) is 2.28. The number of rotatable bonds is 6. The van der Waals surface area contributed by atoms with E-state index in [-0.39, 0.29) is 5.97 Å². The van der Waals surface area contributed by atoms with Crippen LogP contribution in [0.4, 0.5) is 0 Å². The molecule has 0 radical (unpaired) electrons. The minimum Gasteiger partial charge on any atom is -0.460 e. The molecule has 3 heteroatoms. The van der Waals surface area contributed by atoms with Crippen molar-refractivity contribution in [1.82, 2.24) is 0 Å². The number of hydrogen-bond acceptors (Lipinski definition) is 3. The fraction of sp³-hybridized carbons (Fsp3) is 0.562. The highest BCUT2D eigenvalue weighted by molar-refractivity contribution is 5.69. The van der Waals surface area contributed by atoms with Gasteiger partial charge in [0.25, 0.3) is 0 Å². The van der Waals surface area contributed by atoms with Crippen molar-refractivity contribution in [3.05, 3.63) is 35.4 Å². The normalized spacial score (nSPS) is 11.4. The molecular formula is C16H24O3. The van der Waals surface area contributed by atoms with E-state index in [1.165, 1.54) is 11.1 Å². The van der Waals surface area contributed by atoms with E-state index < -0.39 is 5.60 Å². The summed E-state index contributed by atoms with van der Waals surface area (Å²) >= 11 is 0. The topological polar surface area (TPSA) is 35.5 Å². The molecule has 0 aliphatic carbocycles. The molecule has 0 fully saturated rings. The van der Waals surface area contributed by atoms with Gasteiger partial charge in [-0.05, 0) is 45.2 Å². The van der Waals surface area contributed by atoms with Crippen LogP contribution in [-0.2, 0) is 20.7 Å². The lowest BCUT2D eigenvalue weighted by molar-refractivity contribution is -0.156. The van der Waals surface area contributed by atoms with E-state index in [4.69, 9.17) is 9.47 Å². The Balaban J connectivity index is 2.15. The van der Waals surface area contributed by atoms with Crippen molar-refractivity contribution in [2.45, 2.75) is 46.1 Å². The standard InChI is InChI=1S/C16H24O3/c1-13-7-5-6-8-14(13)9-11-18-12-10-15(17)19-16(2,3)4/h5-8H,9-12H2,1-4H3. The molecule has 1 aromatic carbocycles. The number of carbonyl (C=O) groups is 1. The van der Waals surface area contributed by atoms with E-state index in [9.17, 15) is 4.79 Å². The Hall–Kier alpha value is -1.35. The Labute approximate surface area is 115 Å². The van der Waals surface area contributed by atoms with Crippen LogP contribution in [0.3, 0.4) is 0 Å². The van der Waals surface area contributed by atoms with Crippen molar-refractivity contribution in [2.75, 3.05) is 13.2 Å². The first kappa shape index (κ1) is 15.7. The molecule has 19 heavy (non-hydrogen) atoms. The van der Waals surface area contributed by atoms with Crippen LogP contribution < -0.4 is 0 Å². The maximum absolute atomic E-state index is 11.4. The van der Waals surface area contributed by atoms with Crippen molar-refractivity contribution in [1.29, 1.82) is 0 Å². The molecule has 0 atom stereocenters. The third kappa shape index (κ3) is 6.97. The summed E-state index contributed by atoms with van der Waals surface area (Å²) in [7, 11) is 0. The molecule has 3 nitrogen and oxygen atoms in total. The first-order valence-electron chi connectivity index (χ1n) is 6.72. The fourth-order valence-corrected chi connectivity index (χ4v) is 1.72. The first-order chi connectivity index (χ1) is 8.88. The Bertz CT molecular complexity index is 405. The second-order valence-corrected chi connectivity index (χ2v) is 5.63. The van der Waals surface area contributed by atoms with Gasteiger partial charge < -0.3 is 9.47 Å².